The van der Waals surface area contributed by atoms with Crippen molar-refractivity contribution in [3.63, 3.8) is 0 Å². The summed E-state index contributed by atoms with van der Waals surface area (Å²) in [4.78, 5) is 1.98. The lowest BCUT2D eigenvalue weighted by Crippen LogP contribution is -2.40. The molecule has 0 unspecified atom stereocenters. The number of rotatable bonds is 2. The minimum Gasteiger partial charge on any atom is -0.364 e. The third kappa shape index (κ3) is 2.46. The second kappa shape index (κ2) is 4.59. The van der Waals surface area contributed by atoms with Crippen molar-refractivity contribution in [1.82, 2.24) is 0 Å². The van der Waals surface area contributed by atoms with Crippen molar-refractivity contribution in [2.24, 2.45) is 5.73 Å². The van der Waals surface area contributed by atoms with E-state index in [-0.39, 0.29) is 0 Å². The monoisotopic (exact) mass is 210 g/mol. The minimum absolute atomic E-state index is 0.300. The molecule has 0 amide bonds. The van der Waals surface area contributed by atoms with Crippen molar-refractivity contribution in [3.05, 3.63) is 29.8 Å². The average Bonchev–Trinajstić information content (AvgIpc) is 2.29. The Morgan fingerprint density at radius 2 is 2.40 bits per heavy atom. The molecule has 0 bridgehead atoms. The van der Waals surface area contributed by atoms with Crippen molar-refractivity contribution in [1.29, 1.82) is 0 Å². The van der Waals surface area contributed by atoms with E-state index < -0.39 is 6.36 Å². The number of halogens is 1. The molecule has 2 N–H and O–H groups in total. The molecule has 0 radical (unpaired) electrons. The smallest absolute Gasteiger partial charge is 0.216 e. The quantitative estimate of drug-likeness (QED) is 0.799. The first-order valence-electron chi connectivity index (χ1n) is 5.09. The third-order valence-corrected chi connectivity index (χ3v) is 2.54. The molecule has 1 heterocycles. The molecule has 1 saturated heterocycles. The van der Waals surface area contributed by atoms with Crippen LogP contribution in [0.2, 0.25) is 0 Å². The number of hydrogen-bond acceptors (Lipinski definition) is 3. The molecule has 1 aliphatic rings. The maximum atomic E-state index is 13.0. The van der Waals surface area contributed by atoms with Crippen LogP contribution in [0, 0.1) is 0 Å². The fourth-order valence-electron chi connectivity index (χ4n) is 1.72. The zero-order chi connectivity index (χ0) is 10.7. The molecular formula is C11H15FN2O. The number of alkyl halides is 1. The molecule has 1 atom stereocenters. The highest BCUT2D eigenvalue weighted by Gasteiger charge is 2.19. The summed E-state index contributed by atoms with van der Waals surface area (Å²) in [6.45, 7) is 1.98. The maximum absolute atomic E-state index is 13.0. The lowest BCUT2D eigenvalue weighted by Gasteiger charge is -2.31. The summed E-state index contributed by atoms with van der Waals surface area (Å²) in [5, 5.41) is 0. The molecule has 0 saturated carbocycles. The van der Waals surface area contributed by atoms with E-state index in [1.807, 2.05) is 29.2 Å². The number of morpholine rings is 1. The van der Waals surface area contributed by atoms with Gasteiger partial charge >= 0.3 is 0 Å². The van der Waals surface area contributed by atoms with Gasteiger partial charge in [-0.3, -0.25) is 0 Å². The topological polar surface area (TPSA) is 38.5 Å². The molecule has 1 fully saturated rings. The molecule has 4 heteroatoms. The Morgan fingerprint density at radius 1 is 1.53 bits per heavy atom. The summed E-state index contributed by atoms with van der Waals surface area (Å²) in [5.74, 6) is 0. The van der Waals surface area contributed by atoms with Gasteiger partial charge in [-0.1, -0.05) is 12.1 Å². The number of anilines is 1. The summed E-state index contributed by atoms with van der Waals surface area (Å²) >= 11 is 0. The van der Waals surface area contributed by atoms with Crippen molar-refractivity contribution < 1.29 is 9.13 Å². The van der Waals surface area contributed by atoms with Gasteiger partial charge in [0.15, 0.2) is 0 Å². The van der Waals surface area contributed by atoms with Gasteiger partial charge in [0.2, 0.25) is 6.36 Å². The SMILES string of the molecule is NCc1cccc(N2CCO[C@@H](F)C2)c1. The summed E-state index contributed by atoms with van der Waals surface area (Å²) in [6, 6.07) is 7.88. The van der Waals surface area contributed by atoms with Crippen LogP contribution in [-0.2, 0) is 11.3 Å². The summed E-state index contributed by atoms with van der Waals surface area (Å²) in [6.07, 6.45) is -1.18. The molecule has 82 valence electrons. The molecule has 0 aromatic heterocycles. The molecule has 0 aliphatic carbocycles. The van der Waals surface area contributed by atoms with Gasteiger partial charge in [0.1, 0.15) is 0 Å². The second-order valence-corrected chi connectivity index (χ2v) is 3.60. The van der Waals surface area contributed by atoms with Gasteiger partial charge in [0.25, 0.3) is 0 Å². The Bertz CT molecular complexity index is 332. The summed E-state index contributed by atoms with van der Waals surface area (Å²) < 4.78 is 17.9. The van der Waals surface area contributed by atoms with Crippen molar-refractivity contribution >= 4 is 5.69 Å². The minimum atomic E-state index is -1.18. The number of nitrogens with two attached hydrogens (primary N) is 1. The summed E-state index contributed by atoms with van der Waals surface area (Å²) in [7, 11) is 0. The highest BCUT2D eigenvalue weighted by Crippen LogP contribution is 2.19. The van der Waals surface area contributed by atoms with Crippen LogP contribution >= 0.6 is 0 Å². The van der Waals surface area contributed by atoms with Crippen LogP contribution in [-0.4, -0.2) is 26.1 Å². The number of nitrogens with zero attached hydrogens (tertiary/aromatic N) is 1. The van der Waals surface area contributed by atoms with Crippen molar-refractivity contribution in [2.45, 2.75) is 12.9 Å². The van der Waals surface area contributed by atoms with Crippen LogP contribution in [0.15, 0.2) is 24.3 Å². The lowest BCUT2D eigenvalue weighted by atomic mass is 10.2. The van der Waals surface area contributed by atoms with Gasteiger partial charge in [-0.25, -0.2) is 4.39 Å². The third-order valence-electron chi connectivity index (χ3n) is 2.54. The Hall–Kier alpha value is -1.13. The van der Waals surface area contributed by atoms with Gasteiger partial charge in [-0.15, -0.1) is 0 Å². The van der Waals surface area contributed by atoms with Gasteiger partial charge in [-0.05, 0) is 17.7 Å². The maximum Gasteiger partial charge on any atom is 0.216 e. The summed E-state index contributed by atoms with van der Waals surface area (Å²) in [5.41, 5.74) is 7.64. The number of ether oxygens (including phenoxy) is 1. The van der Waals surface area contributed by atoms with Gasteiger partial charge in [0, 0.05) is 18.8 Å². The predicted molar refractivity (Wildman–Crippen MR) is 57.4 cm³/mol. The van der Waals surface area contributed by atoms with E-state index in [1.54, 1.807) is 0 Å². The van der Waals surface area contributed by atoms with Crippen molar-refractivity contribution in [3.8, 4) is 0 Å². The fourth-order valence-corrected chi connectivity index (χ4v) is 1.72. The van der Waals surface area contributed by atoms with Crippen LogP contribution in [0.4, 0.5) is 10.1 Å². The number of hydrogen-bond donors (Lipinski definition) is 1. The van der Waals surface area contributed by atoms with Gasteiger partial charge < -0.3 is 15.4 Å². The van der Waals surface area contributed by atoms with E-state index in [9.17, 15) is 4.39 Å². The number of benzene rings is 1. The Kier molecular flexibility index (Phi) is 3.18. The first kappa shape index (κ1) is 10.4. The molecule has 0 spiro atoms. The predicted octanol–water partition coefficient (Wildman–Crippen LogP) is 1.28. The van der Waals surface area contributed by atoms with Crippen molar-refractivity contribution in [2.75, 3.05) is 24.6 Å². The molecule has 1 aliphatic heterocycles. The van der Waals surface area contributed by atoms with E-state index in [0.717, 1.165) is 17.8 Å². The van der Waals surface area contributed by atoms with E-state index >= 15 is 0 Å². The van der Waals surface area contributed by atoms with Crippen LogP contribution in [0.3, 0.4) is 0 Å². The Morgan fingerprint density at radius 3 is 3.13 bits per heavy atom. The molecular weight excluding hydrogens is 195 g/mol. The van der Waals surface area contributed by atoms with Gasteiger partial charge in [0.05, 0.1) is 13.2 Å². The Balaban J connectivity index is 2.13. The highest BCUT2D eigenvalue weighted by atomic mass is 19.1. The fraction of sp³-hybridized carbons (Fsp3) is 0.455. The molecule has 3 nitrogen and oxygen atoms in total. The first-order chi connectivity index (χ1) is 7.29. The lowest BCUT2D eigenvalue weighted by molar-refractivity contribution is -0.0465. The Labute approximate surface area is 88.6 Å². The molecule has 1 aromatic rings. The largest absolute Gasteiger partial charge is 0.364 e. The van der Waals surface area contributed by atoms with Gasteiger partial charge in [-0.2, -0.15) is 0 Å². The zero-order valence-corrected chi connectivity index (χ0v) is 8.53. The molecule has 2 rings (SSSR count). The van der Waals surface area contributed by atoms with E-state index in [0.29, 0.717) is 19.7 Å². The van der Waals surface area contributed by atoms with Crippen LogP contribution in [0.1, 0.15) is 5.56 Å². The van der Waals surface area contributed by atoms with E-state index in [2.05, 4.69) is 0 Å². The van der Waals surface area contributed by atoms with Crippen LogP contribution < -0.4 is 10.6 Å². The standard InChI is InChI=1S/C11H15FN2O/c12-11-8-14(4-5-15-11)10-3-1-2-9(6-10)7-13/h1-3,6,11H,4-5,7-8,13H2/t11-/m1/s1. The van der Waals surface area contributed by atoms with Crippen LogP contribution in [0.5, 0.6) is 0 Å². The molecule has 15 heavy (non-hydrogen) atoms. The molecule has 1 aromatic carbocycles. The second-order valence-electron chi connectivity index (χ2n) is 3.60. The first-order valence-corrected chi connectivity index (χ1v) is 5.09. The average molecular weight is 210 g/mol. The van der Waals surface area contributed by atoms with E-state index in [1.165, 1.54) is 0 Å². The van der Waals surface area contributed by atoms with Crippen LogP contribution in [0.25, 0.3) is 0 Å². The normalized spacial score (nSPS) is 21.7. The highest BCUT2D eigenvalue weighted by molar-refractivity contribution is 5.49. The zero-order valence-electron chi connectivity index (χ0n) is 8.53. The van der Waals surface area contributed by atoms with E-state index in [4.69, 9.17) is 10.5 Å².